The Morgan fingerprint density at radius 3 is 2.53 bits per heavy atom. The van der Waals surface area contributed by atoms with Gasteiger partial charge in [-0.05, 0) is 30.3 Å². The first-order chi connectivity index (χ1) is 9.20. The number of benzene rings is 2. The summed E-state index contributed by atoms with van der Waals surface area (Å²) in [5.74, 6) is 0.370. The third kappa shape index (κ3) is 3.25. The average Bonchev–Trinajstić information content (AvgIpc) is 2.45. The third-order valence-electron chi connectivity index (χ3n) is 2.66. The Bertz CT molecular complexity index is 564. The second kappa shape index (κ2) is 5.91. The number of ether oxygens (including phenoxy) is 2. The van der Waals surface area contributed by atoms with E-state index in [4.69, 9.17) is 14.6 Å². The molecule has 4 nitrogen and oxygen atoms in total. The van der Waals surface area contributed by atoms with E-state index in [-0.39, 0.29) is 12.2 Å². The molecule has 0 heterocycles. The van der Waals surface area contributed by atoms with Crippen LogP contribution in [0.5, 0.6) is 11.5 Å². The molecule has 0 bridgehead atoms. The Labute approximate surface area is 111 Å². The fourth-order valence-corrected chi connectivity index (χ4v) is 1.70. The molecule has 0 aromatic heterocycles. The predicted molar refractivity (Wildman–Crippen MR) is 70.7 cm³/mol. The van der Waals surface area contributed by atoms with Gasteiger partial charge in [-0.2, -0.15) is 0 Å². The second-order valence-corrected chi connectivity index (χ2v) is 3.93. The molecule has 0 atom stereocenters. The molecule has 2 aromatic rings. The Hall–Kier alpha value is -2.49. The van der Waals surface area contributed by atoms with Crippen molar-refractivity contribution in [1.82, 2.24) is 0 Å². The lowest BCUT2D eigenvalue weighted by molar-refractivity contribution is 0.0696. The molecule has 1 N–H and O–H groups in total. The average molecular weight is 258 g/mol. The van der Waals surface area contributed by atoms with Crippen LogP contribution in [0, 0.1) is 0 Å². The van der Waals surface area contributed by atoms with Gasteiger partial charge in [-0.15, -0.1) is 0 Å². The maximum Gasteiger partial charge on any atom is 0.335 e. The monoisotopic (exact) mass is 258 g/mol. The third-order valence-corrected chi connectivity index (χ3v) is 2.66. The van der Waals surface area contributed by atoms with Crippen LogP contribution in [0.1, 0.15) is 15.9 Å². The number of rotatable bonds is 5. The molecular formula is C15H14O4. The largest absolute Gasteiger partial charge is 0.496 e. The highest BCUT2D eigenvalue weighted by Gasteiger charge is 2.09. The molecule has 4 heteroatoms. The zero-order chi connectivity index (χ0) is 13.7. The summed E-state index contributed by atoms with van der Waals surface area (Å²) in [6.07, 6.45) is 0. The molecule has 0 radical (unpaired) electrons. The van der Waals surface area contributed by atoms with E-state index in [2.05, 4.69) is 0 Å². The van der Waals surface area contributed by atoms with E-state index in [9.17, 15) is 4.79 Å². The van der Waals surface area contributed by atoms with Crippen LogP contribution < -0.4 is 9.47 Å². The van der Waals surface area contributed by atoms with Gasteiger partial charge in [0.2, 0.25) is 0 Å². The summed E-state index contributed by atoms with van der Waals surface area (Å²) in [5, 5.41) is 8.98. The lowest BCUT2D eigenvalue weighted by atomic mass is 10.1. The summed E-state index contributed by atoms with van der Waals surface area (Å²) >= 11 is 0. The van der Waals surface area contributed by atoms with Gasteiger partial charge in [0, 0.05) is 5.56 Å². The molecule has 0 fully saturated rings. The van der Waals surface area contributed by atoms with Crippen molar-refractivity contribution in [3.8, 4) is 11.5 Å². The minimum atomic E-state index is -0.969. The van der Waals surface area contributed by atoms with Crippen molar-refractivity contribution in [2.24, 2.45) is 0 Å². The van der Waals surface area contributed by atoms with Crippen LogP contribution in [0.15, 0.2) is 48.5 Å². The molecule has 2 rings (SSSR count). The molecule has 0 amide bonds. The normalized spacial score (nSPS) is 9.95. The lowest BCUT2D eigenvalue weighted by Gasteiger charge is -2.11. The number of hydrogen-bond donors (Lipinski definition) is 1. The molecule has 0 unspecified atom stereocenters. The number of aromatic carboxylic acids is 1. The molecule has 0 aliphatic heterocycles. The van der Waals surface area contributed by atoms with Crippen molar-refractivity contribution in [2.45, 2.75) is 6.61 Å². The van der Waals surface area contributed by atoms with Gasteiger partial charge >= 0.3 is 5.97 Å². The van der Waals surface area contributed by atoms with Crippen LogP contribution in [0.4, 0.5) is 0 Å². The van der Waals surface area contributed by atoms with Gasteiger partial charge in [-0.3, -0.25) is 0 Å². The van der Waals surface area contributed by atoms with Crippen molar-refractivity contribution in [2.75, 3.05) is 7.11 Å². The van der Waals surface area contributed by atoms with Crippen LogP contribution >= 0.6 is 0 Å². The zero-order valence-corrected chi connectivity index (χ0v) is 10.5. The smallest absolute Gasteiger partial charge is 0.335 e. The minimum Gasteiger partial charge on any atom is -0.496 e. The molecule has 0 aliphatic rings. The van der Waals surface area contributed by atoms with E-state index < -0.39 is 5.97 Å². The van der Waals surface area contributed by atoms with Crippen molar-refractivity contribution in [3.05, 3.63) is 59.7 Å². The molecular weight excluding hydrogens is 244 g/mol. The van der Waals surface area contributed by atoms with Crippen LogP contribution in [-0.4, -0.2) is 18.2 Å². The van der Waals surface area contributed by atoms with Gasteiger partial charge < -0.3 is 14.6 Å². The first kappa shape index (κ1) is 13.0. The highest BCUT2D eigenvalue weighted by Crippen LogP contribution is 2.22. The highest BCUT2D eigenvalue weighted by molar-refractivity contribution is 5.88. The Morgan fingerprint density at radius 2 is 1.89 bits per heavy atom. The molecule has 98 valence electrons. The topological polar surface area (TPSA) is 55.8 Å². The second-order valence-electron chi connectivity index (χ2n) is 3.93. The standard InChI is InChI=1S/C15H14O4/c1-18-14-8-7-11(15(16)17)9-12(14)10-19-13-5-3-2-4-6-13/h2-9H,10H2,1H3,(H,16,17). The zero-order valence-electron chi connectivity index (χ0n) is 10.5. The van der Waals surface area contributed by atoms with Crippen molar-refractivity contribution in [1.29, 1.82) is 0 Å². The Morgan fingerprint density at radius 1 is 1.16 bits per heavy atom. The van der Waals surface area contributed by atoms with E-state index in [1.807, 2.05) is 30.3 Å². The van der Waals surface area contributed by atoms with Crippen LogP contribution in [0.25, 0.3) is 0 Å². The summed E-state index contributed by atoms with van der Waals surface area (Å²) in [7, 11) is 1.54. The van der Waals surface area contributed by atoms with E-state index in [1.165, 1.54) is 6.07 Å². The first-order valence-corrected chi connectivity index (χ1v) is 5.79. The van der Waals surface area contributed by atoms with Gasteiger partial charge in [0.1, 0.15) is 18.1 Å². The summed E-state index contributed by atoms with van der Waals surface area (Å²) in [4.78, 5) is 10.9. The molecule has 0 saturated carbocycles. The maximum absolute atomic E-state index is 10.9. The minimum absolute atomic E-state index is 0.215. The van der Waals surface area contributed by atoms with Gasteiger partial charge in [0.25, 0.3) is 0 Å². The summed E-state index contributed by atoms with van der Waals surface area (Å²) < 4.78 is 10.8. The molecule has 0 aliphatic carbocycles. The Kier molecular flexibility index (Phi) is 4.03. The highest BCUT2D eigenvalue weighted by atomic mass is 16.5. The van der Waals surface area contributed by atoms with Crippen molar-refractivity contribution >= 4 is 5.97 Å². The first-order valence-electron chi connectivity index (χ1n) is 5.79. The van der Waals surface area contributed by atoms with Gasteiger partial charge in [0.15, 0.2) is 0 Å². The Balaban J connectivity index is 2.18. The molecule has 19 heavy (non-hydrogen) atoms. The SMILES string of the molecule is COc1ccc(C(=O)O)cc1COc1ccccc1. The molecule has 2 aromatic carbocycles. The van der Waals surface area contributed by atoms with Crippen LogP contribution in [0.2, 0.25) is 0 Å². The molecule has 0 spiro atoms. The fourth-order valence-electron chi connectivity index (χ4n) is 1.70. The molecule has 0 saturated heterocycles. The number of carbonyl (C=O) groups is 1. The van der Waals surface area contributed by atoms with E-state index in [1.54, 1.807) is 19.2 Å². The summed E-state index contributed by atoms with van der Waals surface area (Å²) in [6, 6.07) is 14.0. The lowest BCUT2D eigenvalue weighted by Crippen LogP contribution is -2.03. The number of hydrogen-bond acceptors (Lipinski definition) is 3. The summed E-state index contributed by atoms with van der Waals surface area (Å²) in [5.41, 5.74) is 0.915. The number of para-hydroxylation sites is 1. The van der Waals surface area contributed by atoms with E-state index in [0.29, 0.717) is 11.3 Å². The van der Waals surface area contributed by atoms with E-state index >= 15 is 0 Å². The van der Waals surface area contributed by atoms with Crippen LogP contribution in [0.3, 0.4) is 0 Å². The van der Waals surface area contributed by atoms with Gasteiger partial charge in [-0.25, -0.2) is 4.79 Å². The van der Waals surface area contributed by atoms with E-state index in [0.717, 1.165) is 5.75 Å². The van der Waals surface area contributed by atoms with Gasteiger partial charge in [-0.1, -0.05) is 18.2 Å². The van der Waals surface area contributed by atoms with Gasteiger partial charge in [0.05, 0.1) is 12.7 Å². The fraction of sp³-hybridized carbons (Fsp3) is 0.133. The number of methoxy groups -OCH3 is 1. The number of carboxylic acid groups (broad SMARTS) is 1. The maximum atomic E-state index is 10.9. The quantitative estimate of drug-likeness (QED) is 0.895. The predicted octanol–water partition coefficient (Wildman–Crippen LogP) is 2.97. The van der Waals surface area contributed by atoms with Crippen molar-refractivity contribution in [3.63, 3.8) is 0 Å². The summed E-state index contributed by atoms with van der Waals surface area (Å²) in [6.45, 7) is 0.258. The van der Waals surface area contributed by atoms with Crippen molar-refractivity contribution < 1.29 is 19.4 Å². The number of carboxylic acids is 1. The van der Waals surface area contributed by atoms with Crippen LogP contribution in [-0.2, 0) is 6.61 Å².